The first kappa shape index (κ1) is 114. The first-order valence-corrected chi connectivity index (χ1v) is 46.0. The van der Waals surface area contributed by atoms with Crippen molar-refractivity contribution in [3.63, 3.8) is 0 Å². The van der Waals surface area contributed by atoms with Gasteiger partial charge in [0.1, 0.15) is 159 Å². The number of carbonyl (C=O) groups is 2. The average Bonchev–Trinajstić information content (AvgIpc) is 1.74. The molecule has 62 nitrogen and oxygen atoms in total. The number of aliphatic hydroxyl groups excluding tert-OH is 1. The van der Waals surface area contributed by atoms with Gasteiger partial charge in [0.2, 0.25) is 41.6 Å². The predicted molar refractivity (Wildman–Crippen MR) is 398 cm³/mol. The maximum Gasteiger partial charge on any atom is 0.261 e. The largest absolute Gasteiger partial charge is 0.726 e. The van der Waals surface area contributed by atoms with E-state index in [1.807, 2.05) is 0 Å². The minimum atomic E-state index is -6.34. The monoisotopic (exact) mass is 2100 g/mol. The summed E-state index contributed by atoms with van der Waals surface area (Å²) < 4.78 is 367. The molecule has 35 atom stereocenters. The summed E-state index contributed by atoms with van der Waals surface area (Å²) in [6.07, 6.45) is -63.2. The van der Waals surface area contributed by atoms with Crippen LogP contribution in [0.5, 0.6) is 0 Å². The number of nitrogens with zero attached hydrogens (tertiary/aromatic N) is 1. The molecule has 0 aromatic heterocycles. The SMILES string of the molecule is COCC1O[C@@H](O[C@H]2C(OC)C(OC)[C@@H](O[C@H]3C(OC)C(OC)[C@@H](O[C@H]4C(COS(=O)(=O)[O-])O[C@@H](O)C(OC)[C@H]4OC)O[C@@H]3COC)O[C@@H]2COC)C(OC)[C@@H](OC)[C@H]1O[C@@H]1OC(CN2C(=O)c3ccccc3C2=O)[C@H](O[C@H]2O[C@H](COS(=O)(=O)[O-])[C@@H](O[C@H]3O[C@H](COS(=O)(=O)[O-])[C@@H](OSOO[O-])C(OSOO[O-])C3OSOO[O-])C(OSOO[O-])C2OS(=O)(=O)[O-])[C@H](OC)C1OC. The van der Waals surface area contributed by atoms with Crippen molar-refractivity contribution in [2.75, 3.05) is 139 Å². The van der Waals surface area contributed by atoms with Crippen molar-refractivity contribution in [2.45, 2.75) is 215 Å². The lowest BCUT2D eigenvalue weighted by Crippen LogP contribution is -2.70. The first-order chi connectivity index (χ1) is 63.5. The zero-order chi connectivity index (χ0) is 97.4. The van der Waals surface area contributed by atoms with E-state index in [4.69, 9.17) is 144 Å². The van der Waals surface area contributed by atoms with Gasteiger partial charge in [0, 0.05) is 92.4 Å². The molecule has 1 aromatic rings. The number of carbonyl (C=O) groups excluding carboxylic acids is 2. The highest BCUT2D eigenvalue weighted by atomic mass is 32.3. The Morgan fingerprint density at radius 3 is 0.857 bits per heavy atom. The number of aliphatic hydroxyl groups is 1. The molecule has 1 aromatic carbocycles. The molecule has 7 saturated heterocycles. The van der Waals surface area contributed by atoms with Crippen LogP contribution in [0.15, 0.2) is 24.3 Å². The Kier molecular flexibility index (Phi) is 46.6. The molecular formula is C63H93NO61S8-8. The van der Waals surface area contributed by atoms with Gasteiger partial charge in [-0.25, -0.2) is 33.7 Å². The number of ether oxygens (including phenoxy) is 26. The van der Waals surface area contributed by atoms with Crippen LogP contribution in [0.4, 0.5) is 0 Å². The molecule has 133 heavy (non-hydrogen) atoms. The first-order valence-electron chi connectivity index (χ1n) is 38.0. The van der Waals surface area contributed by atoms with Crippen molar-refractivity contribution in [1.82, 2.24) is 4.90 Å². The van der Waals surface area contributed by atoms with Gasteiger partial charge in [-0.2, -0.15) is 0 Å². The van der Waals surface area contributed by atoms with Crippen LogP contribution in [0.25, 0.3) is 0 Å². The summed E-state index contributed by atoms with van der Waals surface area (Å²) >= 11 is -1.86. The number of imide groups is 1. The molecule has 8 heterocycles. The Morgan fingerprint density at radius 2 is 0.556 bits per heavy atom. The molecule has 772 valence electrons. The second-order valence-corrected chi connectivity index (χ2v) is 34.2. The maximum absolute atomic E-state index is 14.6. The summed E-state index contributed by atoms with van der Waals surface area (Å²) in [7, 11) is -7.42. The molecule has 2 amide bonds. The van der Waals surface area contributed by atoms with Gasteiger partial charge in [0.25, 0.3) is 11.8 Å². The highest BCUT2D eigenvalue weighted by Crippen LogP contribution is 2.45. The highest BCUT2D eigenvalue weighted by molar-refractivity contribution is 7.90. The maximum atomic E-state index is 14.6. The smallest absolute Gasteiger partial charge is 0.261 e. The van der Waals surface area contributed by atoms with Crippen LogP contribution >= 0.6 is 49.3 Å². The summed E-state index contributed by atoms with van der Waals surface area (Å²) in [5.41, 5.74) is -0.330. The van der Waals surface area contributed by atoms with Gasteiger partial charge in [0.15, 0.2) is 106 Å². The van der Waals surface area contributed by atoms with E-state index in [-0.39, 0.29) is 24.3 Å². The fourth-order valence-corrected chi connectivity index (χ4v) is 18.6. The molecule has 14 unspecified atom stereocenters. The Hall–Kier alpha value is -2.48. The minimum absolute atomic E-state index is 0.165. The fourth-order valence-electron chi connectivity index (χ4n) is 15.8. The number of hydrogen-bond acceptors (Lipinski definition) is 65. The number of fused-ring (bicyclic) bond motifs is 1. The number of hydrogen-bond donors (Lipinski definition) is 1. The van der Waals surface area contributed by atoms with E-state index in [9.17, 15) is 87.6 Å². The molecule has 0 aliphatic carbocycles. The Labute approximate surface area is 774 Å². The van der Waals surface area contributed by atoms with Crippen molar-refractivity contribution in [3.8, 4) is 0 Å². The molecule has 0 bridgehead atoms. The quantitative estimate of drug-likeness (QED) is 0.0120. The fraction of sp³-hybridized carbons (Fsp3) is 0.873. The van der Waals surface area contributed by atoms with Crippen LogP contribution in [-0.2, 0) is 236 Å². The van der Waals surface area contributed by atoms with E-state index in [1.54, 1.807) is 0 Å². The third-order valence-electron chi connectivity index (χ3n) is 21.0. The summed E-state index contributed by atoms with van der Waals surface area (Å²) in [5, 5.41) is 68.7. The van der Waals surface area contributed by atoms with E-state index in [2.05, 4.69) is 50.0 Å². The van der Waals surface area contributed by atoms with Crippen LogP contribution in [0, 0.1) is 0 Å². The lowest BCUT2D eigenvalue weighted by Gasteiger charge is -2.52. The predicted octanol–water partition coefficient (Wildman–Crippen LogP) is -9.29. The third kappa shape index (κ3) is 30.1. The molecule has 7 fully saturated rings. The third-order valence-corrected chi connectivity index (χ3v) is 24.4. The Bertz CT molecular complexity index is 4090. The number of rotatable bonds is 57. The van der Waals surface area contributed by atoms with Crippen LogP contribution in [-0.4, -0.2) is 427 Å². The standard InChI is InChI=1S/C63H101NO61S8/c1-84-19-28-35(43(89-6)50(94-11)59(102-28)109-36-29(20-85-2)103-60(51(95-12)44(36)90-7)110-37-30(21-86-3)104-61(52(96-13)45(37)91-8)111-38-31(22-97-130(72,73)74)100-57(67)48(92-9)41(38)87-4)108-58-49(93-10)42(88-5)34(27(101-58)18-64-55(65)25-16-14-15-17-26(25)56(64)66)107-63-54(117-133(81,82)83)46(114-127-123-119-69)39(32(105-63)23-98-131(75,76)77)112-62-53(116-129-125-121-71)47(115-128-124-120-70)40(113-126-122-118-68)33(106-62)24-99-132(78,79)80/h14-17,27-54,57-63,67-71H,18-24H2,1-13H3,(H,72,73,74)(H,75,76,77)(H,78,79,80)(H,81,82,83)/p-8/t27?,28?,29-,30-,31?,32-,33-,34+,35+,36-,37-,38+,39-,40-,41+,42+,43+,44?,45?,46?,47?,48?,49?,50?,51?,52?,53?,54?,57-,58+,59+,60-,61-,62-,63-/m1/s1. The number of methoxy groups -OCH3 is 13. The van der Waals surface area contributed by atoms with Crippen molar-refractivity contribution in [3.05, 3.63) is 35.4 Å². The van der Waals surface area contributed by atoms with Gasteiger partial charge in [0.05, 0.1) is 57.3 Å². The van der Waals surface area contributed by atoms with Gasteiger partial charge < -0.3 is 168 Å². The van der Waals surface area contributed by atoms with Crippen LogP contribution in [0.3, 0.4) is 0 Å². The van der Waals surface area contributed by atoms with Crippen molar-refractivity contribution in [1.29, 1.82) is 0 Å². The van der Waals surface area contributed by atoms with Gasteiger partial charge in [-0.15, -0.1) is 17.3 Å². The van der Waals surface area contributed by atoms with E-state index >= 15 is 0 Å². The van der Waals surface area contributed by atoms with Crippen molar-refractivity contribution in [2.24, 2.45) is 0 Å². The lowest BCUT2D eigenvalue weighted by molar-refractivity contribution is -0.778. The van der Waals surface area contributed by atoms with E-state index in [1.165, 1.54) is 102 Å². The Balaban J connectivity index is 1.06. The molecule has 9 rings (SSSR count). The lowest BCUT2D eigenvalue weighted by atomic mass is 9.94. The number of benzene rings is 1. The van der Waals surface area contributed by atoms with E-state index < -0.39 is 351 Å². The second kappa shape index (κ2) is 54.3. The van der Waals surface area contributed by atoms with Gasteiger partial charge in [-0.1, -0.05) is 12.1 Å². The summed E-state index contributed by atoms with van der Waals surface area (Å²) in [4.78, 5) is 29.8. The zero-order valence-electron chi connectivity index (χ0n) is 71.1. The molecule has 0 radical (unpaired) electrons. The highest BCUT2D eigenvalue weighted by Gasteiger charge is 2.63. The molecule has 0 saturated carbocycles. The topological polar surface area (TPSA) is 766 Å². The molecule has 0 spiro atoms. The minimum Gasteiger partial charge on any atom is -0.726 e. The molecular weight excluding hydrogens is 2000 g/mol. The summed E-state index contributed by atoms with van der Waals surface area (Å²) in [5.74, 6) is -1.98. The normalized spacial score (nSPS) is 37.2. The molecule has 8 aliphatic rings. The molecule has 70 heteroatoms. The van der Waals surface area contributed by atoms with Crippen molar-refractivity contribution < 1.29 is 282 Å². The second-order valence-electron chi connectivity index (χ2n) is 28.2. The van der Waals surface area contributed by atoms with Gasteiger partial charge in [-0.3, -0.25) is 68.1 Å². The van der Waals surface area contributed by atoms with Crippen LogP contribution in [0.1, 0.15) is 20.7 Å². The molecule has 8 aliphatic heterocycles. The van der Waals surface area contributed by atoms with E-state index in [0.717, 1.165) is 14.2 Å². The summed E-state index contributed by atoms with van der Waals surface area (Å²) in [6.45, 7) is -6.25. The van der Waals surface area contributed by atoms with E-state index in [0.29, 0.717) is 4.90 Å². The van der Waals surface area contributed by atoms with Crippen LogP contribution in [0.2, 0.25) is 0 Å². The Morgan fingerprint density at radius 1 is 0.308 bits per heavy atom. The molecule has 1 N–H and O–H groups in total. The van der Waals surface area contributed by atoms with Crippen molar-refractivity contribution >= 4 is 103 Å². The van der Waals surface area contributed by atoms with Gasteiger partial charge >= 0.3 is 0 Å². The zero-order valence-corrected chi connectivity index (χ0v) is 77.7. The summed E-state index contributed by atoms with van der Waals surface area (Å²) in [6, 6.07) is 5.40. The number of amides is 2. The average molecular weight is 2100 g/mol. The van der Waals surface area contributed by atoms with Crippen LogP contribution < -0.4 is 21.0 Å². The van der Waals surface area contributed by atoms with Gasteiger partial charge in [-0.05, 0) is 12.1 Å².